The molecule has 0 radical (unpaired) electrons. The largest absolute Gasteiger partial charge is 0.496 e. The molecule has 10 nitrogen and oxygen atoms in total. The van der Waals surface area contributed by atoms with Crippen LogP contribution < -0.4 is 24.8 Å². The molecule has 4 rings (SSSR count). The first-order chi connectivity index (χ1) is 19.9. The highest BCUT2D eigenvalue weighted by atomic mass is 16.5. The van der Waals surface area contributed by atoms with Crippen LogP contribution in [0.25, 0.3) is 11.1 Å². The highest BCUT2D eigenvalue weighted by Crippen LogP contribution is 2.42. The van der Waals surface area contributed by atoms with Crippen molar-refractivity contribution < 1.29 is 28.9 Å². The molecule has 1 aliphatic rings. The second-order valence-corrected chi connectivity index (χ2v) is 9.79. The molecular weight excluding hydrogens is 524 g/mol. The predicted octanol–water partition coefficient (Wildman–Crippen LogP) is 5.40. The molecule has 41 heavy (non-hydrogen) atoms. The summed E-state index contributed by atoms with van der Waals surface area (Å²) in [5, 5.41) is 18.4. The number of urea groups is 1. The number of anilines is 2. The van der Waals surface area contributed by atoms with Crippen LogP contribution in [0.5, 0.6) is 17.2 Å². The lowest BCUT2D eigenvalue weighted by atomic mass is 9.99. The second-order valence-electron chi connectivity index (χ2n) is 9.79. The van der Waals surface area contributed by atoms with Crippen LogP contribution in [-0.4, -0.2) is 76.0 Å². The minimum absolute atomic E-state index is 0.380. The third-order valence-electron chi connectivity index (χ3n) is 7.15. The van der Waals surface area contributed by atoms with Gasteiger partial charge in [0.25, 0.3) is 0 Å². The number of hydrogen-bond donors (Lipinski definition) is 3. The van der Waals surface area contributed by atoms with Gasteiger partial charge in [-0.3, -0.25) is 4.90 Å². The molecule has 0 spiro atoms. The topological polar surface area (TPSA) is 114 Å². The molecule has 1 fully saturated rings. The number of aryl methyl sites for hydroxylation is 1. The summed E-state index contributed by atoms with van der Waals surface area (Å²) in [4.78, 5) is 15.4. The van der Waals surface area contributed by atoms with Crippen LogP contribution in [0.2, 0.25) is 0 Å². The molecule has 218 valence electrons. The summed E-state index contributed by atoms with van der Waals surface area (Å²) in [7, 11) is 4.65. The monoisotopic (exact) mass is 562 g/mol. The molecule has 0 unspecified atom stereocenters. The van der Waals surface area contributed by atoms with E-state index >= 15 is 0 Å². The molecule has 0 aliphatic carbocycles. The van der Waals surface area contributed by atoms with E-state index in [0.29, 0.717) is 39.8 Å². The highest BCUT2D eigenvalue weighted by Gasteiger charge is 2.18. The minimum Gasteiger partial charge on any atom is -0.496 e. The van der Waals surface area contributed by atoms with Gasteiger partial charge in [-0.1, -0.05) is 23.4 Å². The van der Waals surface area contributed by atoms with Crippen LogP contribution in [0.1, 0.15) is 23.6 Å². The molecule has 10 heteroatoms. The Balaban J connectivity index is 1.52. The van der Waals surface area contributed by atoms with Gasteiger partial charge in [-0.2, -0.15) is 0 Å². The van der Waals surface area contributed by atoms with Crippen LogP contribution in [0, 0.1) is 6.92 Å². The lowest BCUT2D eigenvalue weighted by Crippen LogP contribution is -2.37. The second kappa shape index (κ2) is 13.9. The highest BCUT2D eigenvalue weighted by molar-refractivity contribution is 6.02. The van der Waals surface area contributed by atoms with Crippen molar-refractivity contribution in [2.45, 2.75) is 20.3 Å². The first kappa shape index (κ1) is 29.7. The fraction of sp³-hybridized carbons (Fsp3) is 0.355. The first-order valence-corrected chi connectivity index (χ1v) is 13.5. The standard InChI is InChI=1S/C31H38N4O6/c1-20-16-22(10-11-35-12-14-41-15-13-35)6-9-27(20)33-31(36)32-24-18-26(30(40-5)29(19-24)39-4)23-7-8-25(21(2)34-37)28(17-23)38-3/h6-9,16-19,37H,10-15H2,1-5H3,(H2,32,33,36). The van der Waals surface area contributed by atoms with Crippen molar-refractivity contribution in [3.63, 3.8) is 0 Å². The van der Waals surface area contributed by atoms with E-state index in [0.717, 1.165) is 56.1 Å². The Labute approximate surface area is 240 Å². The Morgan fingerprint density at radius 1 is 0.976 bits per heavy atom. The molecule has 0 aromatic heterocycles. The molecule has 1 heterocycles. The van der Waals surface area contributed by atoms with E-state index in [1.54, 1.807) is 40.4 Å². The van der Waals surface area contributed by atoms with Crippen LogP contribution in [0.15, 0.2) is 53.7 Å². The molecular formula is C31H38N4O6. The number of nitrogens with one attached hydrogen (secondary N) is 2. The summed E-state index contributed by atoms with van der Waals surface area (Å²) in [5.41, 5.74) is 6.00. The number of methoxy groups -OCH3 is 3. The summed E-state index contributed by atoms with van der Waals surface area (Å²) in [6, 6.07) is 14.7. The number of nitrogens with zero attached hydrogens (tertiary/aromatic N) is 2. The molecule has 3 N–H and O–H groups in total. The number of ether oxygens (including phenoxy) is 4. The van der Waals surface area contributed by atoms with E-state index in [1.165, 1.54) is 5.56 Å². The van der Waals surface area contributed by atoms with Gasteiger partial charge in [0.2, 0.25) is 0 Å². The quantitative estimate of drug-likeness (QED) is 0.172. The number of amides is 2. The van der Waals surface area contributed by atoms with Gasteiger partial charge in [0, 0.05) is 48.2 Å². The normalized spacial score (nSPS) is 13.9. The van der Waals surface area contributed by atoms with Crippen LogP contribution in [-0.2, 0) is 11.2 Å². The first-order valence-electron chi connectivity index (χ1n) is 13.5. The van der Waals surface area contributed by atoms with Crippen LogP contribution >= 0.6 is 0 Å². The molecule has 0 atom stereocenters. The maximum Gasteiger partial charge on any atom is 0.323 e. The van der Waals surface area contributed by atoms with Crippen molar-refractivity contribution in [2.75, 3.05) is 64.8 Å². The average molecular weight is 563 g/mol. The number of carbonyl (C=O) groups is 1. The van der Waals surface area contributed by atoms with E-state index in [2.05, 4.69) is 32.8 Å². The molecule has 2 amide bonds. The fourth-order valence-corrected chi connectivity index (χ4v) is 4.88. The van der Waals surface area contributed by atoms with E-state index in [9.17, 15) is 10.0 Å². The summed E-state index contributed by atoms with van der Waals surface area (Å²) >= 11 is 0. The van der Waals surface area contributed by atoms with Gasteiger partial charge in [0.1, 0.15) is 5.75 Å². The van der Waals surface area contributed by atoms with Crippen LogP contribution in [0.3, 0.4) is 0 Å². The molecule has 1 aliphatic heterocycles. The molecule has 3 aromatic rings. The number of rotatable bonds is 10. The van der Waals surface area contributed by atoms with Crippen molar-refractivity contribution in [2.24, 2.45) is 5.16 Å². The third kappa shape index (κ3) is 7.27. The number of morpholine rings is 1. The lowest BCUT2D eigenvalue weighted by molar-refractivity contribution is 0.0384. The maximum absolute atomic E-state index is 13.0. The van der Waals surface area contributed by atoms with Gasteiger partial charge in [-0.15, -0.1) is 0 Å². The minimum atomic E-state index is -0.380. The molecule has 0 saturated carbocycles. The van der Waals surface area contributed by atoms with E-state index < -0.39 is 0 Å². The molecule has 1 saturated heterocycles. The summed E-state index contributed by atoms with van der Waals surface area (Å²) in [5.74, 6) is 1.49. The van der Waals surface area contributed by atoms with Gasteiger partial charge in [0.15, 0.2) is 11.5 Å². The zero-order valence-electron chi connectivity index (χ0n) is 24.2. The number of hydrogen-bond acceptors (Lipinski definition) is 8. The van der Waals surface area contributed by atoms with Gasteiger partial charge in [-0.25, -0.2) is 4.79 Å². The average Bonchev–Trinajstić information content (AvgIpc) is 3.00. The van der Waals surface area contributed by atoms with Crippen molar-refractivity contribution in [1.82, 2.24) is 4.90 Å². The van der Waals surface area contributed by atoms with E-state index in [1.807, 2.05) is 31.2 Å². The fourth-order valence-electron chi connectivity index (χ4n) is 4.88. The third-order valence-corrected chi connectivity index (χ3v) is 7.15. The van der Waals surface area contributed by atoms with Crippen LogP contribution in [0.4, 0.5) is 16.2 Å². The smallest absolute Gasteiger partial charge is 0.323 e. The van der Waals surface area contributed by atoms with Gasteiger partial charge in [0.05, 0.1) is 40.3 Å². The van der Waals surface area contributed by atoms with E-state index in [4.69, 9.17) is 18.9 Å². The summed E-state index contributed by atoms with van der Waals surface area (Å²) < 4.78 is 22.2. The Kier molecular flexibility index (Phi) is 10.0. The molecule has 0 bridgehead atoms. The summed E-state index contributed by atoms with van der Waals surface area (Å²) in [6.07, 6.45) is 0.944. The molecule has 3 aromatic carbocycles. The SMILES string of the molecule is COc1cc(-c2cc(NC(=O)Nc3ccc(CCN4CCOCC4)cc3C)cc(OC)c2OC)ccc1C(C)=NO. The van der Waals surface area contributed by atoms with Gasteiger partial charge < -0.3 is 34.8 Å². The number of oxime groups is 1. The number of carbonyl (C=O) groups excluding carboxylic acids is 1. The Morgan fingerprint density at radius 3 is 2.39 bits per heavy atom. The van der Waals surface area contributed by atoms with Crippen molar-refractivity contribution in [3.05, 3.63) is 65.2 Å². The van der Waals surface area contributed by atoms with Crippen molar-refractivity contribution >= 4 is 23.1 Å². The Morgan fingerprint density at radius 2 is 1.73 bits per heavy atom. The number of benzene rings is 3. The maximum atomic E-state index is 13.0. The lowest BCUT2D eigenvalue weighted by Gasteiger charge is -2.26. The predicted molar refractivity (Wildman–Crippen MR) is 160 cm³/mol. The van der Waals surface area contributed by atoms with Gasteiger partial charge in [-0.05, 0) is 61.2 Å². The Bertz CT molecular complexity index is 1400. The van der Waals surface area contributed by atoms with Crippen molar-refractivity contribution in [3.8, 4) is 28.4 Å². The van der Waals surface area contributed by atoms with Gasteiger partial charge >= 0.3 is 6.03 Å². The van der Waals surface area contributed by atoms with Crippen molar-refractivity contribution in [1.29, 1.82) is 0 Å². The summed E-state index contributed by atoms with van der Waals surface area (Å²) in [6.45, 7) is 8.17. The zero-order valence-corrected chi connectivity index (χ0v) is 24.2. The Hall–Kier alpha value is -4.28. The van der Waals surface area contributed by atoms with E-state index in [-0.39, 0.29) is 6.03 Å². The zero-order chi connectivity index (χ0) is 29.4.